The molecular weight excluding hydrogens is 621 g/mol. The minimum absolute atomic E-state index is 0.0987. The lowest BCUT2D eigenvalue weighted by molar-refractivity contribution is -0.149. The van der Waals surface area contributed by atoms with Crippen LogP contribution >= 0.6 is 47.0 Å². The normalized spacial score (nSPS) is 12.1. The summed E-state index contributed by atoms with van der Waals surface area (Å²) in [4.78, 5) is 25.1. The third-order valence-electron chi connectivity index (χ3n) is 8.24. The molecule has 0 saturated carbocycles. The Labute approximate surface area is 292 Å². The van der Waals surface area contributed by atoms with Crippen LogP contribution in [0.5, 0.6) is 0 Å². The average Bonchev–Trinajstić information content (AvgIpc) is 3.03. The predicted octanol–water partition coefficient (Wildman–Crippen LogP) is 13.0. The fourth-order valence-corrected chi connectivity index (χ4v) is 9.80. The molecule has 0 N–H and O–H groups in total. The van der Waals surface area contributed by atoms with E-state index in [0.717, 1.165) is 25.7 Å². The summed E-state index contributed by atoms with van der Waals surface area (Å²) in [6.07, 6.45) is 30.7. The van der Waals surface area contributed by atoms with Crippen molar-refractivity contribution in [2.75, 3.05) is 40.3 Å². The highest BCUT2D eigenvalue weighted by Crippen LogP contribution is 2.21. The van der Waals surface area contributed by atoms with E-state index in [2.05, 4.69) is 60.9 Å². The summed E-state index contributed by atoms with van der Waals surface area (Å²) in [5.41, 5.74) is 0. The van der Waals surface area contributed by atoms with Gasteiger partial charge in [0.05, 0.1) is 7.11 Å². The van der Waals surface area contributed by atoms with Gasteiger partial charge in [0.25, 0.3) is 0 Å². The molecule has 0 aliphatic rings. The smallest absolute Gasteiger partial charge is 0.316 e. The molecule has 3 nitrogen and oxygen atoms in total. The second-order valence-corrected chi connectivity index (χ2v) is 17.5. The Balaban J connectivity index is 3.60. The molecule has 262 valence electrons. The van der Waals surface area contributed by atoms with E-state index >= 15 is 0 Å². The van der Waals surface area contributed by atoms with Crippen LogP contribution in [-0.2, 0) is 14.3 Å². The van der Waals surface area contributed by atoms with Gasteiger partial charge < -0.3 is 4.74 Å². The van der Waals surface area contributed by atoms with Crippen molar-refractivity contribution in [3.63, 3.8) is 0 Å². The molecule has 0 aromatic rings. The highest BCUT2D eigenvalue weighted by molar-refractivity contribution is 8.16. The standard InChI is InChI=1S/C37H72O3S4/c1-4-6-8-10-17-23-29-41-33-43-31-25-19-13-12-16-22-28-36(38)35(37(39)40-3)27-21-15-14-20-26-32-44-34-42-30-24-18-11-9-7-5-2/h35H,4-34H2,1-3H3. The second kappa shape index (κ2) is 38.0. The van der Waals surface area contributed by atoms with Crippen LogP contribution in [0.1, 0.15) is 174 Å². The van der Waals surface area contributed by atoms with Gasteiger partial charge in [0.2, 0.25) is 0 Å². The molecule has 0 amide bonds. The van der Waals surface area contributed by atoms with Gasteiger partial charge in [-0.25, -0.2) is 0 Å². The Morgan fingerprint density at radius 1 is 0.477 bits per heavy atom. The number of esters is 1. The van der Waals surface area contributed by atoms with Crippen molar-refractivity contribution in [3.8, 4) is 0 Å². The van der Waals surface area contributed by atoms with E-state index in [4.69, 9.17) is 4.74 Å². The molecule has 0 aliphatic carbocycles. The maximum absolute atomic E-state index is 12.8. The van der Waals surface area contributed by atoms with Crippen LogP contribution in [0.25, 0.3) is 0 Å². The molecule has 7 heteroatoms. The van der Waals surface area contributed by atoms with Gasteiger partial charge in [-0.2, -0.15) is 47.0 Å². The van der Waals surface area contributed by atoms with Crippen molar-refractivity contribution < 1.29 is 14.3 Å². The minimum atomic E-state index is -0.546. The third kappa shape index (κ3) is 32.5. The molecule has 0 saturated heterocycles. The molecular formula is C37H72O3S4. The molecule has 1 unspecified atom stereocenters. The monoisotopic (exact) mass is 692 g/mol. The molecule has 0 spiro atoms. The summed E-state index contributed by atoms with van der Waals surface area (Å²) >= 11 is 8.39. The molecule has 0 rings (SSSR count). The van der Waals surface area contributed by atoms with Crippen LogP contribution in [0, 0.1) is 5.92 Å². The fraction of sp³-hybridized carbons (Fsp3) is 0.946. The molecule has 0 heterocycles. The topological polar surface area (TPSA) is 43.4 Å². The van der Waals surface area contributed by atoms with Crippen LogP contribution < -0.4 is 0 Å². The lowest BCUT2D eigenvalue weighted by atomic mass is 9.93. The number of hydrogen-bond acceptors (Lipinski definition) is 7. The van der Waals surface area contributed by atoms with Crippen molar-refractivity contribution in [1.29, 1.82) is 0 Å². The Kier molecular flexibility index (Phi) is 38.5. The summed E-state index contributed by atoms with van der Waals surface area (Å²) < 4.78 is 4.98. The molecule has 0 aliphatic heterocycles. The zero-order valence-corrected chi connectivity index (χ0v) is 32.6. The van der Waals surface area contributed by atoms with Crippen molar-refractivity contribution >= 4 is 58.8 Å². The maximum atomic E-state index is 12.8. The zero-order valence-electron chi connectivity index (χ0n) is 29.4. The molecule has 0 bridgehead atoms. The Morgan fingerprint density at radius 2 is 0.818 bits per heavy atom. The first-order valence-electron chi connectivity index (χ1n) is 18.6. The molecule has 0 aromatic carbocycles. The number of rotatable bonds is 37. The van der Waals surface area contributed by atoms with Gasteiger partial charge in [-0.05, 0) is 61.5 Å². The van der Waals surface area contributed by atoms with Gasteiger partial charge >= 0.3 is 5.97 Å². The highest BCUT2D eigenvalue weighted by Gasteiger charge is 2.26. The molecule has 1 atom stereocenters. The van der Waals surface area contributed by atoms with Gasteiger partial charge in [0.15, 0.2) is 0 Å². The van der Waals surface area contributed by atoms with Crippen molar-refractivity contribution in [3.05, 3.63) is 0 Å². The van der Waals surface area contributed by atoms with E-state index in [1.165, 1.54) is 162 Å². The van der Waals surface area contributed by atoms with E-state index in [0.29, 0.717) is 12.8 Å². The van der Waals surface area contributed by atoms with E-state index in [1.807, 2.05) is 0 Å². The van der Waals surface area contributed by atoms with E-state index in [9.17, 15) is 9.59 Å². The SMILES string of the molecule is CCCCCCCCSCSCCCCCCCCC(=O)C(CCCCCCCSCSCCCCCCCC)C(=O)OC. The predicted molar refractivity (Wildman–Crippen MR) is 207 cm³/mol. The van der Waals surface area contributed by atoms with Gasteiger partial charge in [0.1, 0.15) is 11.7 Å². The third-order valence-corrected chi connectivity index (χ3v) is 13.2. The van der Waals surface area contributed by atoms with Crippen molar-refractivity contribution in [2.45, 2.75) is 174 Å². The first-order chi connectivity index (χ1) is 21.7. The number of hydrogen-bond donors (Lipinski definition) is 0. The average molecular weight is 693 g/mol. The molecule has 0 aromatic heterocycles. The minimum Gasteiger partial charge on any atom is -0.468 e. The largest absolute Gasteiger partial charge is 0.468 e. The fourth-order valence-electron chi connectivity index (χ4n) is 5.34. The Hall–Kier alpha value is 0.540. The second-order valence-electron chi connectivity index (χ2n) is 12.4. The number of ketones is 1. The van der Waals surface area contributed by atoms with Crippen LogP contribution in [0.15, 0.2) is 0 Å². The lowest BCUT2D eigenvalue weighted by Crippen LogP contribution is -2.25. The maximum Gasteiger partial charge on any atom is 0.316 e. The van der Waals surface area contributed by atoms with E-state index < -0.39 is 5.92 Å². The van der Waals surface area contributed by atoms with Gasteiger partial charge in [-0.3, -0.25) is 9.59 Å². The number of thioether (sulfide) groups is 4. The van der Waals surface area contributed by atoms with Crippen LogP contribution in [0.3, 0.4) is 0 Å². The van der Waals surface area contributed by atoms with E-state index in [-0.39, 0.29) is 11.8 Å². The summed E-state index contributed by atoms with van der Waals surface area (Å²) in [6, 6.07) is 0. The number of ether oxygens (including phenoxy) is 1. The molecule has 0 radical (unpaired) electrons. The Morgan fingerprint density at radius 3 is 1.20 bits per heavy atom. The van der Waals surface area contributed by atoms with Crippen LogP contribution in [0.2, 0.25) is 0 Å². The molecule has 0 fully saturated rings. The van der Waals surface area contributed by atoms with Crippen LogP contribution in [-0.4, -0.2) is 52.0 Å². The number of carbonyl (C=O) groups excluding carboxylic acids is 2. The van der Waals surface area contributed by atoms with Crippen LogP contribution in [0.4, 0.5) is 0 Å². The summed E-state index contributed by atoms with van der Waals surface area (Å²) in [7, 11) is 1.42. The van der Waals surface area contributed by atoms with Crippen molar-refractivity contribution in [2.24, 2.45) is 5.92 Å². The summed E-state index contributed by atoms with van der Waals surface area (Å²) in [6.45, 7) is 4.56. The zero-order chi connectivity index (χ0) is 32.2. The Bertz CT molecular complexity index is 605. The number of methoxy groups -OCH3 is 1. The van der Waals surface area contributed by atoms with Gasteiger partial charge in [-0.1, -0.05) is 129 Å². The van der Waals surface area contributed by atoms with Crippen molar-refractivity contribution in [1.82, 2.24) is 0 Å². The quantitative estimate of drug-likeness (QED) is 0.0278. The number of Topliss-reactive ketones (excluding diaryl/α,β-unsaturated/α-hetero) is 1. The number of unbranched alkanes of at least 4 members (excludes halogenated alkanes) is 19. The van der Waals surface area contributed by atoms with Gasteiger partial charge in [0, 0.05) is 16.6 Å². The molecule has 44 heavy (non-hydrogen) atoms. The summed E-state index contributed by atoms with van der Waals surface area (Å²) in [5.74, 6) is 4.40. The van der Waals surface area contributed by atoms with Gasteiger partial charge in [-0.15, -0.1) is 0 Å². The first-order valence-corrected chi connectivity index (χ1v) is 23.2. The lowest BCUT2D eigenvalue weighted by Gasteiger charge is -2.13. The van der Waals surface area contributed by atoms with E-state index in [1.54, 1.807) is 0 Å². The first kappa shape index (κ1) is 44.5. The number of carbonyl (C=O) groups is 2. The summed E-state index contributed by atoms with van der Waals surface area (Å²) in [5, 5.41) is 2.48. The highest BCUT2D eigenvalue weighted by atomic mass is 32.2.